The monoisotopic (exact) mass is 351 g/mol. The second-order valence-corrected chi connectivity index (χ2v) is 5.73. The lowest BCUT2D eigenvalue weighted by Crippen LogP contribution is -2.43. The minimum absolute atomic E-state index is 0.0609. The van der Waals surface area contributed by atoms with Crippen LogP contribution < -0.4 is 10.2 Å². The third kappa shape index (κ3) is 3.86. The van der Waals surface area contributed by atoms with Crippen molar-refractivity contribution in [3.8, 4) is 0 Å². The number of anilines is 1. The predicted octanol–water partition coefficient (Wildman–Crippen LogP) is 2.86. The lowest BCUT2D eigenvalue weighted by molar-refractivity contribution is -0.138. The first-order valence-electron chi connectivity index (χ1n) is 7.74. The summed E-state index contributed by atoms with van der Waals surface area (Å²) in [6.07, 6.45) is -1.40. The van der Waals surface area contributed by atoms with Crippen molar-refractivity contribution in [1.82, 2.24) is 20.3 Å². The molecule has 0 aliphatic carbocycles. The van der Waals surface area contributed by atoms with Crippen molar-refractivity contribution in [3.05, 3.63) is 47.2 Å². The van der Waals surface area contributed by atoms with Gasteiger partial charge in [-0.15, -0.1) is 0 Å². The zero-order valence-corrected chi connectivity index (χ0v) is 13.5. The van der Waals surface area contributed by atoms with Crippen molar-refractivity contribution in [1.29, 1.82) is 0 Å². The van der Waals surface area contributed by atoms with E-state index < -0.39 is 11.7 Å². The van der Waals surface area contributed by atoms with Crippen LogP contribution in [0.15, 0.2) is 24.5 Å². The molecule has 0 radical (unpaired) electrons. The highest BCUT2D eigenvalue weighted by Crippen LogP contribution is 2.28. The summed E-state index contributed by atoms with van der Waals surface area (Å²) in [5.41, 5.74) is 0.884. The van der Waals surface area contributed by atoms with Crippen LogP contribution in [0.2, 0.25) is 0 Å². The predicted molar refractivity (Wildman–Crippen MR) is 83.9 cm³/mol. The number of halogens is 3. The van der Waals surface area contributed by atoms with Gasteiger partial charge in [-0.3, -0.25) is 4.90 Å². The van der Waals surface area contributed by atoms with Gasteiger partial charge >= 0.3 is 12.2 Å². The molecule has 1 aliphatic heterocycles. The van der Waals surface area contributed by atoms with E-state index in [0.717, 1.165) is 24.1 Å². The molecule has 0 unspecified atom stereocenters. The number of nitrogens with zero attached hydrogens (tertiary/aromatic N) is 4. The summed E-state index contributed by atoms with van der Waals surface area (Å²) >= 11 is 0. The molecule has 0 spiro atoms. The van der Waals surface area contributed by atoms with Crippen LogP contribution in [0.25, 0.3) is 0 Å². The van der Waals surface area contributed by atoms with E-state index in [4.69, 9.17) is 0 Å². The Morgan fingerprint density at radius 1 is 1.28 bits per heavy atom. The topological polar surface area (TPSA) is 71.0 Å². The van der Waals surface area contributed by atoms with E-state index in [1.807, 2.05) is 19.1 Å². The maximum Gasteiger partial charge on any atom is 0.419 e. The van der Waals surface area contributed by atoms with Crippen molar-refractivity contribution in [2.24, 2.45) is 0 Å². The Bertz CT molecular complexity index is 776. The first-order chi connectivity index (χ1) is 11.8. The van der Waals surface area contributed by atoms with E-state index in [0.29, 0.717) is 24.8 Å². The number of pyridine rings is 1. The number of aryl methyl sites for hydroxylation is 2. The Morgan fingerprint density at radius 2 is 2.00 bits per heavy atom. The van der Waals surface area contributed by atoms with Gasteiger partial charge in [0.05, 0.1) is 12.1 Å². The first kappa shape index (κ1) is 17.1. The SMILES string of the molecule is Cc1ccc2c(n1)N(C(=O)NCc1ncc(C(F)(F)F)cn1)CCC2. The second-order valence-electron chi connectivity index (χ2n) is 5.73. The largest absolute Gasteiger partial charge is 0.419 e. The molecule has 3 rings (SSSR count). The zero-order chi connectivity index (χ0) is 18.0. The van der Waals surface area contributed by atoms with Crippen molar-refractivity contribution in [2.45, 2.75) is 32.5 Å². The molecule has 1 N–H and O–H groups in total. The van der Waals surface area contributed by atoms with Gasteiger partial charge < -0.3 is 5.32 Å². The lowest BCUT2D eigenvalue weighted by atomic mass is 10.1. The molecule has 9 heteroatoms. The van der Waals surface area contributed by atoms with Gasteiger partial charge in [-0.25, -0.2) is 19.7 Å². The summed E-state index contributed by atoms with van der Waals surface area (Å²) in [5, 5.41) is 2.63. The summed E-state index contributed by atoms with van der Waals surface area (Å²) in [5.74, 6) is 0.730. The quantitative estimate of drug-likeness (QED) is 0.903. The number of carbonyl (C=O) groups excluding carboxylic acids is 1. The van der Waals surface area contributed by atoms with Gasteiger partial charge in [0.1, 0.15) is 11.6 Å². The number of fused-ring (bicyclic) bond motifs is 1. The third-order valence-corrected chi connectivity index (χ3v) is 3.85. The van der Waals surface area contributed by atoms with Crippen LogP contribution >= 0.6 is 0 Å². The van der Waals surface area contributed by atoms with Crippen molar-refractivity contribution in [2.75, 3.05) is 11.4 Å². The van der Waals surface area contributed by atoms with Crippen LogP contribution in [-0.2, 0) is 19.1 Å². The summed E-state index contributed by atoms with van der Waals surface area (Å²) in [6, 6.07) is 3.48. The Hall–Kier alpha value is -2.71. The smallest absolute Gasteiger partial charge is 0.330 e. The fourth-order valence-corrected chi connectivity index (χ4v) is 2.57. The van der Waals surface area contributed by atoms with Gasteiger partial charge in [-0.1, -0.05) is 6.07 Å². The van der Waals surface area contributed by atoms with Gasteiger partial charge in [0.25, 0.3) is 0 Å². The van der Waals surface area contributed by atoms with E-state index in [9.17, 15) is 18.0 Å². The number of hydrogen-bond acceptors (Lipinski definition) is 4. The number of amides is 2. The highest BCUT2D eigenvalue weighted by Gasteiger charge is 2.31. The molecule has 0 atom stereocenters. The standard InChI is InChI=1S/C16H16F3N5O/c1-10-4-5-11-3-2-6-24(14(11)23-10)15(25)22-9-13-20-7-12(8-21-13)16(17,18)19/h4-5,7-8H,2-3,6,9H2,1H3,(H,22,25). The highest BCUT2D eigenvalue weighted by molar-refractivity contribution is 5.92. The van der Waals surface area contributed by atoms with E-state index in [1.165, 1.54) is 4.90 Å². The number of hydrogen-bond donors (Lipinski definition) is 1. The zero-order valence-electron chi connectivity index (χ0n) is 13.5. The number of urea groups is 1. The molecule has 2 aromatic heterocycles. The van der Waals surface area contributed by atoms with Crippen LogP contribution in [-0.4, -0.2) is 27.5 Å². The van der Waals surface area contributed by atoms with E-state index in [2.05, 4.69) is 20.3 Å². The van der Waals surface area contributed by atoms with Crippen molar-refractivity contribution in [3.63, 3.8) is 0 Å². The Morgan fingerprint density at radius 3 is 2.68 bits per heavy atom. The molecule has 0 bridgehead atoms. The Kier molecular flexibility index (Phi) is 4.56. The molecule has 0 saturated heterocycles. The van der Waals surface area contributed by atoms with Gasteiger partial charge in [0.2, 0.25) is 0 Å². The maximum absolute atomic E-state index is 12.5. The molecule has 25 heavy (non-hydrogen) atoms. The van der Waals surface area contributed by atoms with Gasteiger partial charge in [0.15, 0.2) is 0 Å². The Labute approximate surface area is 142 Å². The molecule has 0 saturated carbocycles. The van der Waals surface area contributed by atoms with Crippen molar-refractivity contribution < 1.29 is 18.0 Å². The van der Waals surface area contributed by atoms with Crippen LogP contribution in [0.3, 0.4) is 0 Å². The molecule has 132 valence electrons. The molecule has 6 nitrogen and oxygen atoms in total. The normalized spacial score (nSPS) is 14.2. The number of aromatic nitrogens is 3. The first-order valence-corrected chi connectivity index (χ1v) is 7.74. The molecular weight excluding hydrogens is 335 g/mol. The number of alkyl halides is 3. The fourth-order valence-electron chi connectivity index (χ4n) is 2.57. The van der Waals surface area contributed by atoms with E-state index in [-0.39, 0.29) is 18.4 Å². The summed E-state index contributed by atoms with van der Waals surface area (Å²) in [6.45, 7) is 2.32. The van der Waals surface area contributed by atoms with Crippen LogP contribution in [0, 0.1) is 6.92 Å². The summed E-state index contributed by atoms with van der Waals surface area (Å²) < 4.78 is 37.5. The van der Waals surface area contributed by atoms with Crippen LogP contribution in [0.4, 0.5) is 23.8 Å². The molecule has 0 aromatic carbocycles. The van der Waals surface area contributed by atoms with Crippen molar-refractivity contribution >= 4 is 11.8 Å². The average Bonchev–Trinajstić information content (AvgIpc) is 2.58. The molecule has 1 aliphatic rings. The number of carbonyl (C=O) groups is 1. The van der Waals surface area contributed by atoms with Gasteiger partial charge in [0, 0.05) is 24.6 Å². The number of rotatable bonds is 2. The van der Waals surface area contributed by atoms with Gasteiger partial charge in [-0.05, 0) is 31.4 Å². The van der Waals surface area contributed by atoms with Crippen LogP contribution in [0.5, 0.6) is 0 Å². The third-order valence-electron chi connectivity index (χ3n) is 3.85. The van der Waals surface area contributed by atoms with E-state index in [1.54, 1.807) is 0 Å². The summed E-state index contributed by atoms with van der Waals surface area (Å²) in [7, 11) is 0. The average molecular weight is 351 g/mol. The van der Waals surface area contributed by atoms with E-state index >= 15 is 0 Å². The number of nitrogens with one attached hydrogen (secondary N) is 1. The van der Waals surface area contributed by atoms with Gasteiger partial charge in [-0.2, -0.15) is 13.2 Å². The molecule has 2 aromatic rings. The van der Waals surface area contributed by atoms with Crippen LogP contribution in [0.1, 0.15) is 29.1 Å². The highest BCUT2D eigenvalue weighted by atomic mass is 19.4. The minimum atomic E-state index is -4.48. The maximum atomic E-state index is 12.5. The molecular formula is C16H16F3N5O. The summed E-state index contributed by atoms with van der Waals surface area (Å²) in [4.78, 5) is 25.6. The fraction of sp³-hybridized carbons (Fsp3) is 0.375. The Balaban J connectivity index is 1.67. The molecule has 3 heterocycles. The lowest BCUT2D eigenvalue weighted by Gasteiger charge is -2.28. The molecule has 0 fully saturated rings. The minimum Gasteiger partial charge on any atom is -0.330 e. The second kappa shape index (κ2) is 6.66. The molecule has 2 amide bonds.